The number of aliphatic hydroxyl groups is 2. The zero-order valence-electron chi connectivity index (χ0n) is 8.18. The van der Waals surface area contributed by atoms with E-state index in [-0.39, 0.29) is 5.92 Å². The van der Waals surface area contributed by atoms with E-state index >= 15 is 0 Å². The summed E-state index contributed by atoms with van der Waals surface area (Å²) in [5, 5.41) is 19.0. The molecule has 0 unspecified atom stereocenters. The van der Waals surface area contributed by atoms with Crippen LogP contribution in [0.2, 0.25) is 0 Å². The average Bonchev–Trinajstić information content (AvgIpc) is 2.12. The Labute approximate surface area is 82.2 Å². The van der Waals surface area contributed by atoms with Crippen LogP contribution in [0.15, 0.2) is 12.2 Å². The van der Waals surface area contributed by atoms with Crippen molar-refractivity contribution < 1.29 is 19.8 Å². The molecule has 1 rings (SSSR count). The van der Waals surface area contributed by atoms with Crippen LogP contribution in [0.3, 0.4) is 0 Å². The van der Waals surface area contributed by atoms with Crippen molar-refractivity contribution in [1.82, 2.24) is 0 Å². The summed E-state index contributed by atoms with van der Waals surface area (Å²) in [6, 6.07) is 0. The number of ketones is 2. The van der Waals surface area contributed by atoms with E-state index in [1.807, 2.05) is 0 Å². The SMILES string of the molecule is CC(=O)[C@H](O)[C@H]1[C@H](C)C=CC(=O)[C@@H]1O. The Morgan fingerprint density at radius 2 is 2.14 bits per heavy atom. The molecule has 0 radical (unpaired) electrons. The number of allylic oxidation sites excluding steroid dienone is 1. The minimum atomic E-state index is -1.27. The lowest BCUT2D eigenvalue weighted by Gasteiger charge is -2.31. The predicted molar refractivity (Wildman–Crippen MR) is 49.5 cm³/mol. The average molecular weight is 198 g/mol. The first kappa shape index (κ1) is 11.1. The second-order valence-electron chi connectivity index (χ2n) is 3.70. The summed E-state index contributed by atoms with van der Waals surface area (Å²) < 4.78 is 0. The van der Waals surface area contributed by atoms with Gasteiger partial charge in [-0.25, -0.2) is 0 Å². The maximum absolute atomic E-state index is 11.1. The minimum Gasteiger partial charge on any atom is -0.385 e. The summed E-state index contributed by atoms with van der Waals surface area (Å²) in [4.78, 5) is 22.1. The predicted octanol–water partition coefficient (Wildman–Crippen LogP) is -0.312. The van der Waals surface area contributed by atoms with Gasteiger partial charge in [0.05, 0.1) is 0 Å². The van der Waals surface area contributed by atoms with E-state index in [4.69, 9.17) is 0 Å². The fourth-order valence-electron chi connectivity index (χ4n) is 1.68. The molecule has 0 saturated heterocycles. The molecule has 4 atom stereocenters. The van der Waals surface area contributed by atoms with Crippen LogP contribution < -0.4 is 0 Å². The number of hydrogen-bond acceptors (Lipinski definition) is 4. The van der Waals surface area contributed by atoms with E-state index in [0.29, 0.717) is 0 Å². The molecule has 0 fully saturated rings. The molecule has 0 aromatic rings. The first-order valence-corrected chi connectivity index (χ1v) is 4.53. The lowest BCUT2D eigenvalue weighted by atomic mass is 9.77. The highest BCUT2D eigenvalue weighted by atomic mass is 16.3. The lowest BCUT2D eigenvalue weighted by Crippen LogP contribution is -2.45. The quantitative estimate of drug-likeness (QED) is 0.638. The summed E-state index contributed by atoms with van der Waals surface area (Å²) in [5.41, 5.74) is 0. The lowest BCUT2D eigenvalue weighted by molar-refractivity contribution is -0.138. The van der Waals surface area contributed by atoms with Gasteiger partial charge in [-0.1, -0.05) is 13.0 Å². The monoisotopic (exact) mass is 198 g/mol. The van der Waals surface area contributed by atoms with Gasteiger partial charge in [0, 0.05) is 5.92 Å². The van der Waals surface area contributed by atoms with Gasteiger partial charge in [-0.2, -0.15) is 0 Å². The van der Waals surface area contributed by atoms with Crippen molar-refractivity contribution in [2.45, 2.75) is 26.1 Å². The van der Waals surface area contributed by atoms with Crippen molar-refractivity contribution in [2.75, 3.05) is 0 Å². The molecule has 0 aliphatic heterocycles. The van der Waals surface area contributed by atoms with Gasteiger partial charge in [0.15, 0.2) is 11.6 Å². The van der Waals surface area contributed by atoms with Crippen LogP contribution in [-0.4, -0.2) is 34.0 Å². The Morgan fingerprint density at radius 1 is 1.57 bits per heavy atom. The number of carbonyl (C=O) groups excluding carboxylic acids is 2. The van der Waals surface area contributed by atoms with Crippen LogP contribution in [0.25, 0.3) is 0 Å². The standard InChI is InChI=1S/C10H14O4/c1-5-3-4-7(12)10(14)8(5)9(13)6(2)11/h3-5,8-10,13-14H,1-2H3/t5-,8-,9+,10+/m1/s1. The molecule has 1 aliphatic carbocycles. The third-order valence-electron chi connectivity index (χ3n) is 2.61. The third-order valence-corrected chi connectivity index (χ3v) is 2.61. The minimum absolute atomic E-state index is 0.179. The fraction of sp³-hybridized carbons (Fsp3) is 0.600. The molecule has 78 valence electrons. The molecule has 0 amide bonds. The zero-order chi connectivity index (χ0) is 10.9. The van der Waals surface area contributed by atoms with Crippen LogP contribution in [0, 0.1) is 11.8 Å². The molecule has 4 heteroatoms. The fourth-order valence-corrected chi connectivity index (χ4v) is 1.68. The second kappa shape index (κ2) is 4.02. The Hall–Kier alpha value is -1.00. The van der Waals surface area contributed by atoms with Gasteiger partial charge < -0.3 is 10.2 Å². The topological polar surface area (TPSA) is 74.6 Å². The molecule has 0 saturated carbocycles. The number of aliphatic hydroxyl groups excluding tert-OH is 2. The van der Waals surface area contributed by atoms with E-state index in [1.54, 1.807) is 13.0 Å². The van der Waals surface area contributed by atoms with E-state index < -0.39 is 29.7 Å². The molecule has 4 nitrogen and oxygen atoms in total. The molecule has 2 N–H and O–H groups in total. The van der Waals surface area contributed by atoms with Crippen LogP contribution in [0.1, 0.15) is 13.8 Å². The van der Waals surface area contributed by atoms with Gasteiger partial charge in [0.2, 0.25) is 0 Å². The first-order valence-electron chi connectivity index (χ1n) is 4.53. The number of hydrogen-bond donors (Lipinski definition) is 2. The number of Topliss-reactive ketones (excluding diaryl/α,β-unsaturated/α-hetero) is 1. The first-order chi connectivity index (χ1) is 6.45. The summed E-state index contributed by atoms with van der Waals surface area (Å²) in [7, 11) is 0. The summed E-state index contributed by atoms with van der Waals surface area (Å²) in [6.45, 7) is 3.00. The molecule has 0 aromatic heterocycles. The van der Waals surface area contributed by atoms with Crippen LogP contribution in [0.4, 0.5) is 0 Å². The number of carbonyl (C=O) groups is 2. The summed E-state index contributed by atoms with van der Waals surface area (Å²) in [5.74, 6) is -1.77. The highest BCUT2D eigenvalue weighted by Crippen LogP contribution is 2.26. The van der Waals surface area contributed by atoms with Crippen molar-refractivity contribution in [1.29, 1.82) is 0 Å². The van der Waals surface area contributed by atoms with Crippen LogP contribution >= 0.6 is 0 Å². The van der Waals surface area contributed by atoms with Crippen molar-refractivity contribution in [3.63, 3.8) is 0 Å². The van der Waals surface area contributed by atoms with Gasteiger partial charge in [-0.3, -0.25) is 9.59 Å². The van der Waals surface area contributed by atoms with Gasteiger partial charge in [-0.05, 0) is 18.9 Å². The van der Waals surface area contributed by atoms with Gasteiger partial charge in [0.1, 0.15) is 12.2 Å². The van der Waals surface area contributed by atoms with Gasteiger partial charge >= 0.3 is 0 Å². The maximum atomic E-state index is 11.1. The van der Waals surface area contributed by atoms with E-state index in [9.17, 15) is 19.8 Å². The highest BCUT2D eigenvalue weighted by Gasteiger charge is 2.38. The molecule has 1 aliphatic rings. The highest BCUT2D eigenvalue weighted by molar-refractivity contribution is 5.95. The van der Waals surface area contributed by atoms with Crippen molar-refractivity contribution >= 4 is 11.6 Å². The van der Waals surface area contributed by atoms with Crippen molar-refractivity contribution in [2.24, 2.45) is 11.8 Å². The van der Waals surface area contributed by atoms with Gasteiger partial charge in [-0.15, -0.1) is 0 Å². The maximum Gasteiger partial charge on any atom is 0.184 e. The molecule has 0 heterocycles. The number of rotatable bonds is 2. The van der Waals surface area contributed by atoms with Crippen molar-refractivity contribution in [3.8, 4) is 0 Å². The second-order valence-corrected chi connectivity index (χ2v) is 3.70. The van der Waals surface area contributed by atoms with Crippen LogP contribution in [-0.2, 0) is 9.59 Å². The Bertz CT molecular complexity index is 282. The molecule has 0 bridgehead atoms. The normalized spacial score (nSPS) is 34.3. The third kappa shape index (κ3) is 1.91. The van der Waals surface area contributed by atoms with E-state index in [0.717, 1.165) is 0 Å². The summed E-state index contributed by atoms with van der Waals surface area (Å²) >= 11 is 0. The molecule has 14 heavy (non-hydrogen) atoms. The molecule has 0 aromatic carbocycles. The molecular weight excluding hydrogens is 184 g/mol. The summed E-state index contributed by atoms with van der Waals surface area (Å²) in [6.07, 6.45) is 0.354. The Morgan fingerprint density at radius 3 is 2.64 bits per heavy atom. The Balaban J connectivity index is 2.91. The van der Waals surface area contributed by atoms with Crippen LogP contribution in [0.5, 0.6) is 0 Å². The largest absolute Gasteiger partial charge is 0.385 e. The van der Waals surface area contributed by atoms with Crippen molar-refractivity contribution in [3.05, 3.63) is 12.2 Å². The van der Waals surface area contributed by atoms with Gasteiger partial charge in [0.25, 0.3) is 0 Å². The Kier molecular flexibility index (Phi) is 3.18. The van der Waals surface area contributed by atoms with E-state index in [2.05, 4.69) is 0 Å². The van der Waals surface area contributed by atoms with E-state index in [1.165, 1.54) is 13.0 Å². The zero-order valence-corrected chi connectivity index (χ0v) is 8.18. The molecular formula is C10H14O4. The molecule has 0 spiro atoms. The smallest absolute Gasteiger partial charge is 0.184 e.